The monoisotopic (exact) mass is 293 g/mol. The molecule has 0 aliphatic rings. The molecule has 0 aromatic carbocycles. The summed E-state index contributed by atoms with van der Waals surface area (Å²) in [4.78, 5) is 4.01. The molecular weight excluding hydrogens is 275 g/mol. The van der Waals surface area contributed by atoms with Crippen LogP contribution in [0.4, 0.5) is 24.8 Å². The predicted molar refractivity (Wildman–Crippen MR) is 69.8 cm³/mol. The van der Waals surface area contributed by atoms with Crippen LogP contribution in [0.1, 0.15) is 12.0 Å². The van der Waals surface area contributed by atoms with Gasteiger partial charge < -0.3 is 20.5 Å². The lowest BCUT2D eigenvalue weighted by Crippen LogP contribution is -2.27. The molecule has 20 heavy (non-hydrogen) atoms. The van der Waals surface area contributed by atoms with Crippen LogP contribution in [0.25, 0.3) is 0 Å². The molecule has 0 aliphatic carbocycles. The van der Waals surface area contributed by atoms with Crippen LogP contribution in [0, 0.1) is 0 Å². The van der Waals surface area contributed by atoms with Crippen LogP contribution in [0.3, 0.4) is 0 Å². The van der Waals surface area contributed by atoms with E-state index in [9.17, 15) is 13.2 Å². The fourth-order valence-electron chi connectivity index (χ4n) is 1.66. The standard InChI is InChI=1S/C12H18F3N3O2/c1-16-10-5-8(12(13,14)15)6-11(18-10)17-9(3-4-19)7-20-2/h5-6,9,19H,3-4,7H2,1-2H3,(H2,16,17,18). The molecule has 0 radical (unpaired) electrons. The van der Waals surface area contributed by atoms with E-state index in [4.69, 9.17) is 9.84 Å². The van der Waals surface area contributed by atoms with Crippen LogP contribution in [-0.4, -0.2) is 43.5 Å². The van der Waals surface area contributed by atoms with Crippen molar-refractivity contribution in [1.82, 2.24) is 4.98 Å². The number of hydrogen-bond donors (Lipinski definition) is 3. The summed E-state index contributed by atoms with van der Waals surface area (Å²) in [5.74, 6) is 0.196. The second-order valence-electron chi connectivity index (χ2n) is 4.18. The van der Waals surface area contributed by atoms with Gasteiger partial charge in [-0.05, 0) is 18.6 Å². The normalized spacial score (nSPS) is 13.1. The first kappa shape index (κ1) is 16.5. The first-order valence-electron chi connectivity index (χ1n) is 6.04. The van der Waals surface area contributed by atoms with Crippen LogP contribution in [0.5, 0.6) is 0 Å². The lowest BCUT2D eigenvalue weighted by molar-refractivity contribution is -0.137. The molecule has 1 atom stereocenters. The van der Waals surface area contributed by atoms with Gasteiger partial charge in [0.25, 0.3) is 0 Å². The molecule has 0 amide bonds. The molecule has 1 aromatic rings. The topological polar surface area (TPSA) is 66.4 Å². The average Bonchev–Trinajstić information content (AvgIpc) is 2.38. The SMILES string of the molecule is CNc1cc(C(F)(F)F)cc(NC(CCO)COC)n1. The highest BCUT2D eigenvalue weighted by Crippen LogP contribution is 2.32. The Morgan fingerprint density at radius 2 is 2.00 bits per heavy atom. The van der Waals surface area contributed by atoms with E-state index in [0.29, 0.717) is 6.42 Å². The van der Waals surface area contributed by atoms with Gasteiger partial charge in [0.2, 0.25) is 0 Å². The van der Waals surface area contributed by atoms with Crippen molar-refractivity contribution in [3.63, 3.8) is 0 Å². The number of halogens is 3. The lowest BCUT2D eigenvalue weighted by atomic mass is 10.2. The summed E-state index contributed by atoms with van der Waals surface area (Å²) in [6, 6.07) is 1.55. The van der Waals surface area contributed by atoms with Crippen molar-refractivity contribution in [1.29, 1.82) is 0 Å². The molecule has 0 fully saturated rings. The zero-order chi connectivity index (χ0) is 15.2. The maximum absolute atomic E-state index is 12.8. The molecule has 1 rings (SSSR count). The second kappa shape index (κ2) is 7.30. The first-order chi connectivity index (χ1) is 9.40. The second-order valence-corrected chi connectivity index (χ2v) is 4.18. The minimum absolute atomic E-state index is 0.0830. The Bertz CT molecular complexity index is 421. The number of nitrogens with zero attached hydrogens (tertiary/aromatic N) is 1. The Hall–Kier alpha value is -1.54. The summed E-state index contributed by atoms with van der Waals surface area (Å²) in [6.07, 6.45) is -4.10. The minimum atomic E-state index is -4.45. The summed E-state index contributed by atoms with van der Waals surface area (Å²) < 4.78 is 43.3. The molecule has 0 aliphatic heterocycles. The van der Waals surface area contributed by atoms with Gasteiger partial charge in [-0.3, -0.25) is 0 Å². The van der Waals surface area contributed by atoms with Gasteiger partial charge in [-0.15, -0.1) is 0 Å². The summed E-state index contributed by atoms with van der Waals surface area (Å²) in [5.41, 5.74) is -0.792. The largest absolute Gasteiger partial charge is 0.416 e. The number of aliphatic hydroxyl groups is 1. The van der Waals surface area contributed by atoms with Gasteiger partial charge >= 0.3 is 6.18 Å². The van der Waals surface area contributed by atoms with Crippen molar-refractivity contribution in [3.8, 4) is 0 Å². The Morgan fingerprint density at radius 3 is 2.50 bits per heavy atom. The third-order valence-electron chi connectivity index (χ3n) is 2.61. The Labute approximate surface area is 115 Å². The summed E-state index contributed by atoms with van der Waals surface area (Å²) in [6.45, 7) is 0.159. The fraction of sp³-hybridized carbons (Fsp3) is 0.583. The van der Waals surface area contributed by atoms with Crippen LogP contribution in [0.15, 0.2) is 12.1 Å². The molecule has 0 bridgehead atoms. The van der Waals surface area contributed by atoms with Gasteiger partial charge in [0, 0.05) is 20.8 Å². The van der Waals surface area contributed by atoms with Gasteiger partial charge in [-0.1, -0.05) is 0 Å². The van der Waals surface area contributed by atoms with Gasteiger partial charge in [-0.25, -0.2) is 4.98 Å². The number of methoxy groups -OCH3 is 1. The zero-order valence-corrected chi connectivity index (χ0v) is 11.3. The van der Waals surface area contributed by atoms with E-state index in [1.54, 1.807) is 0 Å². The number of ether oxygens (including phenoxy) is 1. The van der Waals surface area contributed by atoms with E-state index in [2.05, 4.69) is 15.6 Å². The number of anilines is 2. The van der Waals surface area contributed by atoms with Gasteiger partial charge in [-0.2, -0.15) is 13.2 Å². The Morgan fingerprint density at radius 1 is 1.35 bits per heavy atom. The maximum atomic E-state index is 12.8. The minimum Gasteiger partial charge on any atom is -0.396 e. The number of rotatable bonds is 7. The van der Waals surface area contributed by atoms with Crippen LogP contribution in [-0.2, 0) is 10.9 Å². The van der Waals surface area contributed by atoms with E-state index in [-0.39, 0.29) is 30.9 Å². The maximum Gasteiger partial charge on any atom is 0.416 e. The first-order valence-corrected chi connectivity index (χ1v) is 6.04. The Kier molecular flexibility index (Phi) is 6.03. The zero-order valence-electron chi connectivity index (χ0n) is 11.3. The van der Waals surface area contributed by atoms with Crippen molar-refractivity contribution in [3.05, 3.63) is 17.7 Å². The highest BCUT2D eigenvalue weighted by atomic mass is 19.4. The van der Waals surface area contributed by atoms with Crippen molar-refractivity contribution in [2.24, 2.45) is 0 Å². The van der Waals surface area contributed by atoms with Gasteiger partial charge in [0.15, 0.2) is 0 Å². The lowest BCUT2D eigenvalue weighted by Gasteiger charge is -2.19. The van der Waals surface area contributed by atoms with Crippen molar-refractivity contribution in [2.45, 2.75) is 18.6 Å². The summed E-state index contributed by atoms with van der Waals surface area (Å²) in [7, 11) is 2.97. The molecular formula is C12H18F3N3O2. The number of pyridine rings is 1. The molecule has 1 unspecified atom stereocenters. The van der Waals surface area contributed by atoms with Crippen molar-refractivity contribution >= 4 is 11.6 Å². The van der Waals surface area contributed by atoms with Crippen molar-refractivity contribution in [2.75, 3.05) is 38.0 Å². The third-order valence-corrected chi connectivity index (χ3v) is 2.61. The number of aliphatic hydroxyl groups excluding tert-OH is 1. The van der Waals surface area contributed by atoms with Gasteiger partial charge in [0.1, 0.15) is 11.6 Å². The fourth-order valence-corrected chi connectivity index (χ4v) is 1.66. The van der Waals surface area contributed by atoms with Crippen LogP contribution < -0.4 is 10.6 Å². The van der Waals surface area contributed by atoms with E-state index < -0.39 is 11.7 Å². The number of nitrogens with one attached hydrogen (secondary N) is 2. The number of aromatic nitrogens is 1. The molecule has 1 aromatic heterocycles. The predicted octanol–water partition coefficient (Wildman–Crippen LogP) is 1.95. The molecule has 114 valence electrons. The van der Waals surface area contributed by atoms with E-state index in [1.807, 2.05) is 0 Å². The number of hydrogen-bond acceptors (Lipinski definition) is 5. The highest BCUT2D eigenvalue weighted by molar-refractivity contribution is 5.50. The van der Waals surface area contributed by atoms with Gasteiger partial charge in [0.05, 0.1) is 18.2 Å². The average molecular weight is 293 g/mol. The van der Waals surface area contributed by atoms with E-state index in [0.717, 1.165) is 12.1 Å². The Balaban J connectivity index is 2.98. The third kappa shape index (κ3) is 4.86. The summed E-state index contributed by atoms with van der Waals surface area (Å²) >= 11 is 0. The molecule has 0 saturated heterocycles. The quantitative estimate of drug-likeness (QED) is 0.717. The molecule has 1 heterocycles. The molecule has 0 spiro atoms. The van der Waals surface area contributed by atoms with E-state index >= 15 is 0 Å². The summed E-state index contributed by atoms with van der Waals surface area (Å²) in [5, 5.41) is 14.3. The van der Waals surface area contributed by atoms with Crippen LogP contribution >= 0.6 is 0 Å². The van der Waals surface area contributed by atoms with E-state index in [1.165, 1.54) is 14.2 Å². The molecule has 8 heteroatoms. The molecule has 0 saturated carbocycles. The van der Waals surface area contributed by atoms with Crippen LogP contribution in [0.2, 0.25) is 0 Å². The highest BCUT2D eigenvalue weighted by Gasteiger charge is 2.31. The smallest absolute Gasteiger partial charge is 0.396 e. The van der Waals surface area contributed by atoms with Crippen molar-refractivity contribution < 1.29 is 23.0 Å². The number of alkyl halides is 3. The molecule has 3 N–H and O–H groups in total. The molecule has 5 nitrogen and oxygen atoms in total.